The molecule has 0 aliphatic carbocycles. The molecule has 1 aliphatic heterocycles. The fourth-order valence-corrected chi connectivity index (χ4v) is 2.22. The first-order chi connectivity index (χ1) is 8.55. The van der Waals surface area contributed by atoms with E-state index in [4.69, 9.17) is 0 Å². The first-order valence-corrected chi connectivity index (χ1v) is 6.50. The average Bonchev–Trinajstić information content (AvgIpc) is 2.73. The molecule has 0 fully saturated rings. The van der Waals surface area contributed by atoms with Gasteiger partial charge in [0.25, 0.3) is 0 Å². The second-order valence-electron chi connectivity index (χ2n) is 5.26. The zero-order valence-electron chi connectivity index (χ0n) is 11.2. The summed E-state index contributed by atoms with van der Waals surface area (Å²) in [5.74, 6) is 0.827. The first-order valence-electron chi connectivity index (χ1n) is 6.50. The minimum atomic E-state index is -0.251. The summed E-state index contributed by atoms with van der Waals surface area (Å²) >= 11 is 0. The van der Waals surface area contributed by atoms with Gasteiger partial charge < -0.3 is 5.32 Å². The quantitative estimate of drug-likeness (QED) is 0.869. The van der Waals surface area contributed by atoms with E-state index in [1.54, 1.807) is 0 Å². The molecule has 1 aromatic carbocycles. The number of carbonyl (C=O) groups excluding carboxylic acids is 1. The first kappa shape index (κ1) is 12.8. The topological polar surface area (TPSA) is 41.5 Å². The molecule has 1 aliphatic rings. The highest BCUT2D eigenvalue weighted by Crippen LogP contribution is 2.26. The molecule has 3 heteroatoms. The Bertz CT molecular complexity index is 463. The number of hydrogen-bond donors (Lipinski definition) is 1. The molecule has 1 heterocycles. The number of aliphatic imine (C=N–C) groups is 1. The molecule has 0 radical (unpaired) electrons. The molecule has 1 atom stereocenters. The number of nitrogens with one attached hydrogen (secondary N) is 1. The lowest BCUT2D eigenvalue weighted by Crippen LogP contribution is -2.40. The number of carbonyl (C=O) groups is 1. The molecule has 1 amide bonds. The molecule has 0 saturated carbocycles. The van der Waals surface area contributed by atoms with Crippen LogP contribution in [0.2, 0.25) is 0 Å². The van der Waals surface area contributed by atoms with Crippen LogP contribution in [0.3, 0.4) is 0 Å². The summed E-state index contributed by atoms with van der Waals surface area (Å²) < 4.78 is 0. The largest absolute Gasteiger partial charge is 0.312 e. The fraction of sp³-hybridized carbons (Fsp3) is 0.467. The van der Waals surface area contributed by atoms with E-state index in [0.29, 0.717) is 0 Å². The minimum Gasteiger partial charge on any atom is -0.312 e. The summed E-state index contributed by atoms with van der Waals surface area (Å²) in [4.78, 5) is 16.4. The second kappa shape index (κ2) is 4.92. The van der Waals surface area contributed by atoms with Gasteiger partial charge in [-0.25, -0.2) is 0 Å². The molecule has 0 spiro atoms. The predicted octanol–water partition coefficient (Wildman–Crippen LogP) is 2.66. The third-order valence-corrected chi connectivity index (χ3v) is 3.48. The Labute approximate surface area is 108 Å². The molecule has 0 saturated heterocycles. The number of hydrogen-bond acceptors (Lipinski definition) is 2. The summed E-state index contributed by atoms with van der Waals surface area (Å²) in [6, 6.07) is 9.96. The van der Waals surface area contributed by atoms with Gasteiger partial charge >= 0.3 is 0 Å². The molecule has 1 N–H and O–H groups in total. The number of amides is 1. The third-order valence-electron chi connectivity index (χ3n) is 3.48. The highest BCUT2D eigenvalue weighted by Gasteiger charge is 2.35. The number of amidine groups is 1. The van der Waals surface area contributed by atoms with Crippen molar-refractivity contribution in [2.24, 2.45) is 4.99 Å². The lowest BCUT2D eigenvalue weighted by molar-refractivity contribution is -0.120. The van der Waals surface area contributed by atoms with Crippen molar-refractivity contribution < 1.29 is 4.79 Å². The van der Waals surface area contributed by atoms with E-state index in [1.165, 1.54) is 5.56 Å². The van der Waals surface area contributed by atoms with E-state index in [1.807, 2.05) is 18.2 Å². The third kappa shape index (κ3) is 2.30. The number of nitrogens with zero attached hydrogens (tertiary/aromatic N) is 1. The highest BCUT2D eigenvalue weighted by atomic mass is 16.2. The molecule has 1 aromatic rings. The lowest BCUT2D eigenvalue weighted by Gasteiger charge is -2.25. The van der Waals surface area contributed by atoms with Gasteiger partial charge in [-0.1, -0.05) is 43.7 Å². The zero-order chi connectivity index (χ0) is 13.2. The number of rotatable bonds is 4. The van der Waals surface area contributed by atoms with Crippen LogP contribution in [0.15, 0.2) is 35.3 Å². The smallest absolute Gasteiger partial charge is 0.250 e. The fourth-order valence-electron chi connectivity index (χ4n) is 2.22. The van der Waals surface area contributed by atoms with Crippen molar-refractivity contribution in [1.82, 2.24) is 5.32 Å². The van der Waals surface area contributed by atoms with Crippen LogP contribution in [-0.4, -0.2) is 17.8 Å². The maximum absolute atomic E-state index is 11.8. The summed E-state index contributed by atoms with van der Waals surface area (Å²) in [5.41, 5.74) is 0.917. The normalized spacial score (nSPS) is 19.6. The zero-order valence-corrected chi connectivity index (χ0v) is 11.2. The van der Waals surface area contributed by atoms with Crippen molar-refractivity contribution in [3.63, 3.8) is 0 Å². The van der Waals surface area contributed by atoms with Crippen molar-refractivity contribution >= 4 is 11.7 Å². The molecular weight excluding hydrogens is 224 g/mol. The molecule has 0 aromatic heterocycles. The van der Waals surface area contributed by atoms with Crippen molar-refractivity contribution in [2.45, 2.75) is 45.1 Å². The van der Waals surface area contributed by atoms with Gasteiger partial charge in [0, 0.05) is 5.41 Å². The van der Waals surface area contributed by atoms with Gasteiger partial charge in [0.15, 0.2) is 0 Å². The SMILES string of the molecule is CCCC1N=C(C(C)(C)c2ccccc2)NC1=O. The molecule has 96 valence electrons. The average molecular weight is 244 g/mol. The van der Waals surface area contributed by atoms with Crippen LogP contribution in [0.1, 0.15) is 39.2 Å². The van der Waals surface area contributed by atoms with Gasteiger partial charge in [-0.3, -0.25) is 9.79 Å². The van der Waals surface area contributed by atoms with Gasteiger partial charge in [-0.05, 0) is 25.8 Å². The van der Waals surface area contributed by atoms with Crippen molar-refractivity contribution in [1.29, 1.82) is 0 Å². The Balaban J connectivity index is 2.26. The monoisotopic (exact) mass is 244 g/mol. The van der Waals surface area contributed by atoms with E-state index in [0.717, 1.165) is 18.7 Å². The Morgan fingerprint density at radius 2 is 1.94 bits per heavy atom. The molecule has 0 bridgehead atoms. The lowest BCUT2D eigenvalue weighted by atomic mass is 9.83. The van der Waals surface area contributed by atoms with Crippen LogP contribution in [0.25, 0.3) is 0 Å². The predicted molar refractivity (Wildman–Crippen MR) is 73.7 cm³/mol. The molecular formula is C15H20N2O. The Hall–Kier alpha value is -1.64. The summed E-state index contributed by atoms with van der Waals surface area (Å²) in [6.07, 6.45) is 1.79. The van der Waals surface area contributed by atoms with Crippen LogP contribution in [0, 0.1) is 0 Å². The molecule has 3 nitrogen and oxygen atoms in total. The van der Waals surface area contributed by atoms with Gasteiger partial charge in [-0.2, -0.15) is 0 Å². The molecule has 1 unspecified atom stereocenters. The summed E-state index contributed by atoms with van der Waals surface area (Å²) in [5, 5.41) is 2.94. The Morgan fingerprint density at radius 3 is 2.56 bits per heavy atom. The van der Waals surface area contributed by atoms with Crippen molar-refractivity contribution in [3.05, 3.63) is 35.9 Å². The van der Waals surface area contributed by atoms with Crippen molar-refractivity contribution in [2.75, 3.05) is 0 Å². The van der Waals surface area contributed by atoms with E-state index >= 15 is 0 Å². The van der Waals surface area contributed by atoms with Crippen LogP contribution in [0.4, 0.5) is 0 Å². The van der Waals surface area contributed by atoms with Gasteiger partial charge in [-0.15, -0.1) is 0 Å². The van der Waals surface area contributed by atoms with Crippen LogP contribution >= 0.6 is 0 Å². The maximum Gasteiger partial charge on any atom is 0.250 e. The van der Waals surface area contributed by atoms with Crippen LogP contribution < -0.4 is 5.32 Å². The second-order valence-corrected chi connectivity index (χ2v) is 5.26. The summed E-state index contributed by atoms with van der Waals surface area (Å²) in [6.45, 7) is 6.26. The summed E-state index contributed by atoms with van der Waals surface area (Å²) in [7, 11) is 0. The van der Waals surface area contributed by atoms with Crippen LogP contribution in [0.5, 0.6) is 0 Å². The van der Waals surface area contributed by atoms with Crippen molar-refractivity contribution in [3.8, 4) is 0 Å². The number of benzene rings is 1. The van der Waals surface area contributed by atoms with E-state index < -0.39 is 0 Å². The molecule has 2 rings (SSSR count). The molecule has 18 heavy (non-hydrogen) atoms. The van der Waals surface area contributed by atoms with Gasteiger partial charge in [0.2, 0.25) is 5.91 Å². The van der Waals surface area contributed by atoms with Crippen LogP contribution in [-0.2, 0) is 10.2 Å². The Morgan fingerprint density at radius 1 is 1.28 bits per heavy atom. The van der Waals surface area contributed by atoms with E-state index in [2.05, 4.69) is 43.2 Å². The van der Waals surface area contributed by atoms with Gasteiger partial charge in [0.1, 0.15) is 11.9 Å². The minimum absolute atomic E-state index is 0.0378. The van der Waals surface area contributed by atoms with E-state index in [-0.39, 0.29) is 17.4 Å². The van der Waals surface area contributed by atoms with Gasteiger partial charge in [0.05, 0.1) is 0 Å². The van der Waals surface area contributed by atoms with E-state index in [9.17, 15) is 4.79 Å². The Kier molecular flexibility index (Phi) is 3.50. The standard InChI is InChI=1S/C15H20N2O/c1-4-8-12-13(18)17-14(16-12)15(2,3)11-9-6-5-7-10-11/h5-7,9-10,12H,4,8H2,1-3H3,(H,16,17,18). The maximum atomic E-state index is 11.8. The highest BCUT2D eigenvalue weighted by molar-refractivity contribution is 6.10.